The van der Waals surface area contributed by atoms with Gasteiger partial charge in [-0.25, -0.2) is 4.68 Å². The molecule has 0 unspecified atom stereocenters. The van der Waals surface area contributed by atoms with Gasteiger partial charge in [0.05, 0.1) is 17.4 Å². The number of nitrogens with two attached hydrogens (primary N) is 1. The van der Waals surface area contributed by atoms with Gasteiger partial charge in [0.25, 0.3) is 0 Å². The molecule has 2 N–H and O–H groups in total. The maximum Gasteiger partial charge on any atom is 0.169 e. The van der Waals surface area contributed by atoms with E-state index in [-0.39, 0.29) is 0 Å². The van der Waals surface area contributed by atoms with Crippen LogP contribution in [0.15, 0.2) is 36.5 Å². The van der Waals surface area contributed by atoms with Crippen LogP contribution in [0.5, 0.6) is 0 Å². The van der Waals surface area contributed by atoms with E-state index >= 15 is 0 Å². The molecule has 0 amide bonds. The summed E-state index contributed by atoms with van der Waals surface area (Å²) >= 11 is 0. The summed E-state index contributed by atoms with van der Waals surface area (Å²) < 4.78 is 3.59. The molecule has 0 radical (unpaired) electrons. The summed E-state index contributed by atoms with van der Waals surface area (Å²) in [6.07, 6.45) is 1.71. The number of hydrogen-bond acceptors (Lipinski definition) is 4. The van der Waals surface area contributed by atoms with Gasteiger partial charge in [0.15, 0.2) is 5.82 Å². The summed E-state index contributed by atoms with van der Waals surface area (Å²) in [4.78, 5) is 0. The average molecular weight is 254 g/mol. The Balaban J connectivity index is 2.12. The number of anilines is 1. The third-order valence-corrected chi connectivity index (χ3v) is 3.14. The number of para-hydroxylation sites is 1. The maximum absolute atomic E-state index is 6.16. The number of rotatable bonds is 2. The molecular weight excluding hydrogens is 240 g/mol. The molecule has 19 heavy (non-hydrogen) atoms. The van der Waals surface area contributed by atoms with Gasteiger partial charge < -0.3 is 10.3 Å². The first-order valence-corrected chi connectivity index (χ1v) is 5.94. The molecule has 0 aliphatic rings. The quantitative estimate of drug-likeness (QED) is 0.753. The van der Waals surface area contributed by atoms with Crippen LogP contribution in [-0.2, 0) is 7.05 Å². The molecule has 6 nitrogen and oxygen atoms in total. The van der Waals surface area contributed by atoms with Crippen molar-refractivity contribution in [3.8, 4) is 17.1 Å². The summed E-state index contributed by atoms with van der Waals surface area (Å²) in [6, 6.07) is 9.76. The fourth-order valence-electron chi connectivity index (χ4n) is 1.95. The molecule has 2 heterocycles. The van der Waals surface area contributed by atoms with Crippen LogP contribution in [0, 0.1) is 6.92 Å². The second-order valence-electron chi connectivity index (χ2n) is 4.32. The zero-order chi connectivity index (χ0) is 13.4. The van der Waals surface area contributed by atoms with E-state index in [1.807, 2.05) is 48.9 Å². The van der Waals surface area contributed by atoms with E-state index in [0.29, 0.717) is 5.82 Å². The molecule has 0 atom stereocenters. The molecule has 0 aliphatic heterocycles. The molecule has 0 aliphatic carbocycles. The van der Waals surface area contributed by atoms with E-state index in [1.165, 1.54) is 0 Å². The minimum atomic E-state index is 0.557. The van der Waals surface area contributed by atoms with E-state index in [1.54, 1.807) is 10.9 Å². The van der Waals surface area contributed by atoms with Crippen LogP contribution in [0.4, 0.5) is 5.82 Å². The van der Waals surface area contributed by atoms with Crippen LogP contribution in [0.25, 0.3) is 17.1 Å². The highest BCUT2D eigenvalue weighted by Gasteiger charge is 2.16. The summed E-state index contributed by atoms with van der Waals surface area (Å²) in [6.45, 7) is 1.90. The Kier molecular flexibility index (Phi) is 2.56. The lowest BCUT2D eigenvalue weighted by Gasteiger charge is -2.04. The van der Waals surface area contributed by atoms with Crippen molar-refractivity contribution >= 4 is 5.82 Å². The average Bonchev–Trinajstić information content (AvgIpc) is 2.96. The molecule has 0 saturated carbocycles. The highest BCUT2D eigenvalue weighted by atomic mass is 15.3. The summed E-state index contributed by atoms with van der Waals surface area (Å²) in [5.41, 5.74) is 7.87. The van der Waals surface area contributed by atoms with E-state index in [2.05, 4.69) is 15.3 Å². The number of hydrogen-bond donors (Lipinski definition) is 1. The van der Waals surface area contributed by atoms with Crippen molar-refractivity contribution in [2.24, 2.45) is 7.05 Å². The van der Waals surface area contributed by atoms with E-state index in [0.717, 1.165) is 22.9 Å². The Morgan fingerprint density at radius 1 is 1.11 bits per heavy atom. The fourth-order valence-corrected chi connectivity index (χ4v) is 1.95. The van der Waals surface area contributed by atoms with E-state index < -0.39 is 0 Å². The topological polar surface area (TPSA) is 74.6 Å². The molecule has 3 aromatic rings. The predicted octanol–water partition coefficient (Wildman–Crippen LogP) is 1.56. The van der Waals surface area contributed by atoms with Gasteiger partial charge in [-0.1, -0.05) is 18.2 Å². The van der Waals surface area contributed by atoms with Gasteiger partial charge in [-0.3, -0.25) is 0 Å². The smallest absolute Gasteiger partial charge is 0.169 e. The molecule has 1 aromatic carbocycles. The van der Waals surface area contributed by atoms with Crippen molar-refractivity contribution in [2.45, 2.75) is 6.92 Å². The SMILES string of the molecule is Cc1nnc(-c2cnn(-c3ccccc3)c2N)n1C. The van der Waals surface area contributed by atoms with Crippen molar-refractivity contribution in [3.63, 3.8) is 0 Å². The Bertz CT molecular complexity index is 710. The zero-order valence-electron chi connectivity index (χ0n) is 10.8. The second-order valence-corrected chi connectivity index (χ2v) is 4.32. The molecule has 2 aromatic heterocycles. The second kappa shape index (κ2) is 4.24. The van der Waals surface area contributed by atoms with Crippen LogP contribution < -0.4 is 5.73 Å². The Labute approximate surface area is 110 Å². The minimum Gasteiger partial charge on any atom is -0.383 e. The molecule has 0 saturated heterocycles. The molecule has 0 spiro atoms. The van der Waals surface area contributed by atoms with E-state index in [9.17, 15) is 0 Å². The van der Waals surface area contributed by atoms with Crippen LogP contribution in [0.1, 0.15) is 5.82 Å². The fraction of sp³-hybridized carbons (Fsp3) is 0.154. The Morgan fingerprint density at radius 3 is 2.47 bits per heavy atom. The Morgan fingerprint density at radius 2 is 1.84 bits per heavy atom. The molecule has 6 heteroatoms. The molecule has 3 rings (SSSR count). The lowest BCUT2D eigenvalue weighted by Crippen LogP contribution is -2.03. The summed E-state index contributed by atoms with van der Waals surface area (Å²) in [5.74, 6) is 2.11. The minimum absolute atomic E-state index is 0.557. The number of nitrogens with zero attached hydrogens (tertiary/aromatic N) is 5. The molecule has 0 bridgehead atoms. The van der Waals surface area contributed by atoms with Crippen LogP contribution in [0.3, 0.4) is 0 Å². The highest BCUT2D eigenvalue weighted by molar-refractivity contribution is 5.69. The largest absolute Gasteiger partial charge is 0.383 e. The number of aromatic nitrogens is 5. The summed E-state index contributed by atoms with van der Waals surface area (Å²) in [5, 5.41) is 12.5. The van der Waals surface area contributed by atoms with Gasteiger partial charge in [-0.15, -0.1) is 10.2 Å². The monoisotopic (exact) mass is 254 g/mol. The molecule has 0 fully saturated rings. The standard InChI is InChI=1S/C13H14N6/c1-9-16-17-13(18(9)2)11-8-15-19(12(11)14)10-6-4-3-5-7-10/h3-8H,14H2,1-2H3. The van der Waals surface area contributed by atoms with Crippen LogP contribution >= 0.6 is 0 Å². The van der Waals surface area contributed by atoms with E-state index in [4.69, 9.17) is 5.73 Å². The first-order chi connectivity index (χ1) is 9.18. The first kappa shape index (κ1) is 11.5. The normalized spacial score (nSPS) is 10.8. The van der Waals surface area contributed by atoms with Gasteiger partial charge in [0, 0.05) is 7.05 Å². The molecular formula is C13H14N6. The van der Waals surface area contributed by atoms with Crippen molar-refractivity contribution in [2.75, 3.05) is 5.73 Å². The first-order valence-electron chi connectivity index (χ1n) is 5.94. The third-order valence-electron chi connectivity index (χ3n) is 3.14. The lowest BCUT2D eigenvalue weighted by molar-refractivity contribution is 0.865. The van der Waals surface area contributed by atoms with Gasteiger partial charge in [0.1, 0.15) is 11.6 Å². The van der Waals surface area contributed by atoms with Gasteiger partial charge in [0.2, 0.25) is 0 Å². The molecule has 96 valence electrons. The van der Waals surface area contributed by atoms with Crippen molar-refractivity contribution in [3.05, 3.63) is 42.4 Å². The van der Waals surface area contributed by atoms with Crippen molar-refractivity contribution < 1.29 is 0 Å². The van der Waals surface area contributed by atoms with Crippen LogP contribution in [-0.4, -0.2) is 24.5 Å². The number of benzene rings is 1. The summed E-state index contributed by atoms with van der Waals surface area (Å²) in [7, 11) is 1.91. The van der Waals surface area contributed by atoms with Crippen molar-refractivity contribution in [1.82, 2.24) is 24.5 Å². The number of nitrogen functional groups attached to an aromatic ring is 1. The third kappa shape index (κ3) is 1.77. The highest BCUT2D eigenvalue weighted by Crippen LogP contribution is 2.25. The zero-order valence-corrected chi connectivity index (χ0v) is 10.8. The van der Waals surface area contributed by atoms with Gasteiger partial charge in [-0.2, -0.15) is 5.10 Å². The maximum atomic E-state index is 6.16. The van der Waals surface area contributed by atoms with Gasteiger partial charge in [-0.05, 0) is 19.1 Å². The van der Waals surface area contributed by atoms with Crippen LogP contribution in [0.2, 0.25) is 0 Å². The lowest BCUT2D eigenvalue weighted by atomic mass is 10.3. The predicted molar refractivity (Wildman–Crippen MR) is 72.7 cm³/mol. The van der Waals surface area contributed by atoms with Crippen molar-refractivity contribution in [1.29, 1.82) is 0 Å². The number of aryl methyl sites for hydroxylation is 1. The van der Waals surface area contributed by atoms with Gasteiger partial charge >= 0.3 is 0 Å². The Hall–Kier alpha value is -2.63.